The first kappa shape index (κ1) is 18.9. The Hall–Kier alpha value is -3.15. The van der Waals surface area contributed by atoms with Gasteiger partial charge in [0.1, 0.15) is 0 Å². The van der Waals surface area contributed by atoms with Crippen LogP contribution in [-0.4, -0.2) is 26.8 Å². The molecule has 0 unspecified atom stereocenters. The van der Waals surface area contributed by atoms with Crippen molar-refractivity contribution in [2.75, 3.05) is 26.3 Å². The second-order valence-corrected chi connectivity index (χ2v) is 8.80. The van der Waals surface area contributed by atoms with Crippen LogP contribution in [-0.2, 0) is 4.79 Å². The average Bonchev–Trinajstić information content (AvgIpc) is 3.16. The van der Waals surface area contributed by atoms with Gasteiger partial charge >= 0.3 is 0 Å². The number of allylic oxidation sites excluding steroid dienone is 2. The van der Waals surface area contributed by atoms with Crippen LogP contribution in [0.2, 0.25) is 0 Å². The summed E-state index contributed by atoms with van der Waals surface area (Å²) < 4.78 is 22.2. The maximum Gasteiger partial charge on any atom is 0.231 e. The van der Waals surface area contributed by atoms with E-state index in [4.69, 9.17) is 18.9 Å². The first-order chi connectivity index (χ1) is 14.4. The summed E-state index contributed by atoms with van der Waals surface area (Å²) >= 11 is 0. The Morgan fingerprint density at radius 1 is 1.00 bits per heavy atom. The average molecular weight is 407 g/mol. The second-order valence-electron chi connectivity index (χ2n) is 8.80. The molecule has 30 heavy (non-hydrogen) atoms. The van der Waals surface area contributed by atoms with Crippen molar-refractivity contribution >= 4 is 11.5 Å². The number of hydrogen-bond donors (Lipinski definition) is 1. The predicted octanol–water partition coefficient (Wildman–Crippen LogP) is 4.63. The summed E-state index contributed by atoms with van der Waals surface area (Å²) in [5.41, 5.74) is 4.66. The molecule has 0 radical (unpaired) electrons. The third-order valence-electron chi connectivity index (χ3n) is 6.09. The number of carbonyl (C=O) groups is 1. The lowest BCUT2D eigenvalue weighted by Gasteiger charge is -2.39. The highest BCUT2D eigenvalue weighted by Crippen LogP contribution is 2.52. The van der Waals surface area contributed by atoms with Gasteiger partial charge in [0.05, 0.1) is 14.2 Å². The fraction of sp³-hybridized carbons (Fsp3) is 0.375. The van der Waals surface area contributed by atoms with E-state index in [-0.39, 0.29) is 23.9 Å². The van der Waals surface area contributed by atoms with E-state index in [0.29, 0.717) is 23.7 Å². The highest BCUT2D eigenvalue weighted by atomic mass is 16.7. The minimum absolute atomic E-state index is 0.0844. The van der Waals surface area contributed by atoms with Crippen molar-refractivity contribution in [1.82, 2.24) is 0 Å². The molecule has 2 aromatic carbocycles. The van der Waals surface area contributed by atoms with Crippen LogP contribution in [0.5, 0.6) is 23.0 Å². The molecule has 2 heterocycles. The summed E-state index contributed by atoms with van der Waals surface area (Å²) in [6.45, 7) is 4.48. The van der Waals surface area contributed by atoms with Gasteiger partial charge in [-0.3, -0.25) is 4.79 Å². The summed E-state index contributed by atoms with van der Waals surface area (Å²) in [5, 5.41) is 3.53. The zero-order chi connectivity index (χ0) is 21.0. The van der Waals surface area contributed by atoms with Gasteiger partial charge in [0.25, 0.3) is 0 Å². The van der Waals surface area contributed by atoms with Crippen LogP contribution in [0, 0.1) is 5.41 Å². The maximum atomic E-state index is 13.3. The Labute approximate surface area is 175 Å². The molecule has 3 aliphatic rings. The van der Waals surface area contributed by atoms with Crippen molar-refractivity contribution in [2.45, 2.75) is 32.6 Å². The predicted molar refractivity (Wildman–Crippen MR) is 113 cm³/mol. The molecule has 1 N–H and O–H groups in total. The Morgan fingerprint density at radius 2 is 1.73 bits per heavy atom. The largest absolute Gasteiger partial charge is 0.493 e. The van der Waals surface area contributed by atoms with Gasteiger partial charge in [-0.1, -0.05) is 19.9 Å². The van der Waals surface area contributed by atoms with Crippen molar-refractivity contribution in [2.24, 2.45) is 5.41 Å². The zero-order valence-corrected chi connectivity index (χ0v) is 17.6. The van der Waals surface area contributed by atoms with Crippen molar-refractivity contribution in [3.8, 4) is 23.0 Å². The molecule has 2 aromatic rings. The van der Waals surface area contributed by atoms with Crippen molar-refractivity contribution in [3.63, 3.8) is 0 Å². The van der Waals surface area contributed by atoms with Gasteiger partial charge in [-0.25, -0.2) is 0 Å². The maximum absolute atomic E-state index is 13.3. The van der Waals surface area contributed by atoms with Gasteiger partial charge in [-0.2, -0.15) is 0 Å². The molecular weight excluding hydrogens is 382 g/mol. The number of Topliss-reactive ketones (excluding diaryl/α,β-unsaturated/α-hetero) is 1. The zero-order valence-electron chi connectivity index (χ0n) is 17.6. The Kier molecular flexibility index (Phi) is 4.20. The first-order valence-corrected chi connectivity index (χ1v) is 10.1. The lowest BCUT2D eigenvalue weighted by Crippen LogP contribution is -2.33. The van der Waals surface area contributed by atoms with E-state index in [2.05, 4.69) is 19.2 Å². The molecule has 0 saturated heterocycles. The highest BCUT2D eigenvalue weighted by molar-refractivity contribution is 6.01. The number of fused-ring (bicyclic) bond motifs is 2. The molecule has 6 heteroatoms. The van der Waals surface area contributed by atoms with E-state index in [9.17, 15) is 4.79 Å². The molecule has 0 aromatic heterocycles. The molecule has 1 atom stereocenters. The summed E-state index contributed by atoms with van der Waals surface area (Å²) in [6.07, 6.45) is 1.34. The summed E-state index contributed by atoms with van der Waals surface area (Å²) in [4.78, 5) is 13.3. The third-order valence-corrected chi connectivity index (χ3v) is 6.09. The van der Waals surface area contributed by atoms with Crippen molar-refractivity contribution < 1.29 is 23.7 Å². The van der Waals surface area contributed by atoms with Gasteiger partial charge in [-0.05, 0) is 41.2 Å². The molecular formula is C24H25NO5. The molecule has 156 valence electrons. The van der Waals surface area contributed by atoms with Crippen LogP contribution in [0.4, 0.5) is 5.69 Å². The van der Waals surface area contributed by atoms with Gasteiger partial charge in [0, 0.05) is 35.4 Å². The van der Waals surface area contributed by atoms with Crippen LogP contribution in [0.15, 0.2) is 41.6 Å². The topological polar surface area (TPSA) is 66.0 Å². The normalized spacial score (nSPS) is 20.9. The molecule has 0 spiro atoms. The van der Waals surface area contributed by atoms with Gasteiger partial charge in [-0.15, -0.1) is 0 Å². The minimum Gasteiger partial charge on any atom is -0.493 e. The molecule has 5 rings (SSSR count). The Bertz CT molecular complexity index is 1090. The molecule has 0 bridgehead atoms. The standard InChI is InChI=1S/C24H25NO5/c1-24(2)10-16-23(17(26)11-24)22(13-5-6-18(27-3)19(7-13)28-4)14-8-20-21(30-12-29-20)9-15(14)25-16/h5-9,22,25H,10-12H2,1-4H3/t22-/m0/s1. The second kappa shape index (κ2) is 6.69. The van der Waals surface area contributed by atoms with E-state index in [0.717, 1.165) is 40.3 Å². The fourth-order valence-electron chi connectivity index (χ4n) is 4.78. The molecule has 2 aliphatic heterocycles. The van der Waals surface area contributed by atoms with Gasteiger partial charge in [0.15, 0.2) is 28.8 Å². The van der Waals surface area contributed by atoms with Crippen molar-refractivity contribution in [3.05, 3.63) is 52.7 Å². The van der Waals surface area contributed by atoms with Crippen molar-refractivity contribution in [1.29, 1.82) is 0 Å². The summed E-state index contributed by atoms with van der Waals surface area (Å²) in [7, 11) is 3.24. The highest BCUT2D eigenvalue weighted by Gasteiger charge is 2.41. The van der Waals surface area contributed by atoms with Gasteiger partial charge < -0.3 is 24.3 Å². The first-order valence-electron chi connectivity index (χ1n) is 10.1. The SMILES string of the molecule is COc1ccc([C@@H]2C3=C(CC(C)(C)CC3=O)Nc3cc4c(cc32)OCO4)cc1OC. The lowest BCUT2D eigenvalue weighted by atomic mass is 9.68. The fourth-order valence-corrected chi connectivity index (χ4v) is 4.78. The number of ketones is 1. The van der Waals surface area contributed by atoms with Crippen LogP contribution >= 0.6 is 0 Å². The number of methoxy groups -OCH3 is 2. The number of benzene rings is 2. The lowest BCUT2D eigenvalue weighted by molar-refractivity contribution is -0.118. The van der Waals surface area contributed by atoms with E-state index in [1.807, 2.05) is 30.3 Å². The monoisotopic (exact) mass is 407 g/mol. The molecule has 0 saturated carbocycles. The van der Waals surface area contributed by atoms with Crippen LogP contribution in [0.1, 0.15) is 43.7 Å². The molecule has 6 nitrogen and oxygen atoms in total. The Morgan fingerprint density at radius 3 is 2.47 bits per heavy atom. The van der Waals surface area contributed by atoms with Crippen LogP contribution < -0.4 is 24.3 Å². The summed E-state index contributed by atoms with van der Waals surface area (Å²) in [6, 6.07) is 9.81. The van der Waals surface area contributed by atoms with Crippen LogP contribution in [0.3, 0.4) is 0 Å². The van der Waals surface area contributed by atoms with E-state index in [1.165, 1.54) is 0 Å². The van der Waals surface area contributed by atoms with E-state index in [1.54, 1.807) is 14.2 Å². The number of anilines is 1. The molecule has 0 fully saturated rings. The number of carbonyl (C=O) groups excluding carboxylic acids is 1. The third kappa shape index (κ3) is 2.90. The number of rotatable bonds is 3. The molecule has 1 aliphatic carbocycles. The smallest absolute Gasteiger partial charge is 0.231 e. The van der Waals surface area contributed by atoms with Crippen LogP contribution in [0.25, 0.3) is 0 Å². The summed E-state index contributed by atoms with van der Waals surface area (Å²) in [5.74, 6) is 2.69. The number of ether oxygens (including phenoxy) is 4. The quantitative estimate of drug-likeness (QED) is 0.800. The molecule has 0 amide bonds. The minimum atomic E-state index is -0.214. The van der Waals surface area contributed by atoms with E-state index >= 15 is 0 Å². The van der Waals surface area contributed by atoms with E-state index < -0.39 is 0 Å². The number of hydrogen-bond acceptors (Lipinski definition) is 6. The van der Waals surface area contributed by atoms with Gasteiger partial charge in [0.2, 0.25) is 6.79 Å². The number of nitrogens with one attached hydrogen (secondary N) is 1. The Balaban J connectivity index is 1.72.